The number of nitrogens with zero attached hydrogens (tertiary/aromatic N) is 4. The predicted octanol–water partition coefficient (Wildman–Crippen LogP) is 8.61. The van der Waals surface area contributed by atoms with Crippen LogP contribution in [0.1, 0.15) is 34.7 Å². The van der Waals surface area contributed by atoms with Gasteiger partial charge < -0.3 is 25.3 Å². The molecule has 4 rings (SSSR count). The first-order valence-corrected chi connectivity index (χ1v) is 16.1. The standard InChI is InChI=1S/2C14H14N2S3.Cd/c2*1-11(13-8-5-9-18-13)15-16-14(17)19-10-12-6-3-2-4-7-12;/h2*2-9H,10H2,1H3,(H,16,17);/q;;+2/p-2/b2*15-11+;. The Bertz CT molecular complexity index is 1230. The fourth-order valence-corrected chi connectivity index (χ4v) is 5.74. The molecule has 4 nitrogen and oxygen atoms in total. The Labute approximate surface area is 278 Å². The smallest absolute Gasteiger partial charge is 0.752 e. The van der Waals surface area contributed by atoms with Gasteiger partial charge in [-0.1, -0.05) is 72.8 Å². The summed E-state index contributed by atoms with van der Waals surface area (Å²) in [5, 5.41) is 20.6. The first-order chi connectivity index (χ1) is 18.5. The molecule has 0 saturated heterocycles. The van der Waals surface area contributed by atoms with Crippen LogP contribution in [0, 0.1) is 0 Å². The first kappa shape index (κ1) is 33.8. The fourth-order valence-electron chi connectivity index (χ4n) is 2.80. The zero-order valence-electron chi connectivity index (χ0n) is 21.6. The third kappa shape index (κ3) is 13.7. The zero-order valence-corrected chi connectivity index (χ0v) is 30.5. The van der Waals surface area contributed by atoms with Crippen molar-refractivity contribution in [3.8, 4) is 0 Å². The topological polar surface area (TPSA) is 49.4 Å². The summed E-state index contributed by atoms with van der Waals surface area (Å²) in [5.41, 5.74) is 4.28. The average molecular weight is 723 g/mol. The number of thiophene rings is 2. The molecule has 0 aliphatic rings. The van der Waals surface area contributed by atoms with Crippen LogP contribution < -0.4 is 0 Å². The molecule has 196 valence electrons. The second kappa shape index (κ2) is 19.6. The summed E-state index contributed by atoms with van der Waals surface area (Å²) in [4.78, 5) is 2.25. The Morgan fingerprint density at radius 1 is 0.590 bits per heavy atom. The molecule has 2 aromatic carbocycles. The van der Waals surface area contributed by atoms with Gasteiger partial charge in [0.15, 0.2) is 0 Å². The van der Waals surface area contributed by atoms with Gasteiger partial charge in [-0.2, -0.15) is 20.4 Å². The van der Waals surface area contributed by atoms with E-state index in [9.17, 15) is 0 Å². The van der Waals surface area contributed by atoms with Gasteiger partial charge in [-0.05, 0) is 56.6 Å². The summed E-state index contributed by atoms with van der Waals surface area (Å²) in [6.45, 7) is 3.89. The van der Waals surface area contributed by atoms with Crippen molar-refractivity contribution >= 4 is 91.6 Å². The van der Waals surface area contributed by atoms with E-state index < -0.39 is 0 Å². The molecule has 4 aromatic rings. The number of thioether (sulfide) groups is 2. The van der Waals surface area contributed by atoms with E-state index in [4.69, 9.17) is 25.3 Å². The molecule has 0 atom stereocenters. The Kier molecular flexibility index (Phi) is 17.0. The fraction of sp³-hybridized carbons (Fsp3) is 0.143. The number of hydrogen-bond donors (Lipinski definition) is 0. The van der Waals surface area contributed by atoms with Gasteiger partial charge in [0.2, 0.25) is 0 Å². The average Bonchev–Trinajstić information content (AvgIpc) is 3.69. The van der Waals surface area contributed by atoms with Crippen molar-refractivity contribution < 1.29 is 27.3 Å². The van der Waals surface area contributed by atoms with E-state index in [1.807, 2.05) is 85.3 Å². The summed E-state index contributed by atoms with van der Waals surface area (Å²) >= 11 is 16.8. The Morgan fingerprint density at radius 3 is 1.31 bits per heavy atom. The maximum absolute atomic E-state index is 5.19. The maximum atomic E-state index is 5.19. The molecule has 0 N–H and O–H groups in total. The van der Waals surface area contributed by atoms with E-state index >= 15 is 0 Å². The van der Waals surface area contributed by atoms with Gasteiger partial charge in [0.25, 0.3) is 0 Å². The van der Waals surface area contributed by atoms with Crippen LogP contribution in [0.3, 0.4) is 0 Å². The summed E-state index contributed by atoms with van der Waals surface area (Å²) in [7, 11) is 0. The van der Waals surface area contributed by atoms with Crippen LogP contribution in [-0.4, -0.2) is 20.2 Å². The van der Waals surface area contributed by atoms with Crippen molar-refractivity contribution in [2.75, 3.05) is 0 Å². The van der Waals surface area contributed by atoms with Crippen LogP contribution >= 0.6 is 46.2 Å². The van der Waals surface area contributed by atoms with Gasteiger partial charge in [-0.25, -0.2) is 0 Å². The minimum atomic E-state index is 0. The second-order valence-electron chi connectivity index (χ2n) is 7.61. The molecule has 0 amide bonds. The summed E-state index contributed by atoms with van der Waals surface area (Å²) in [5.74, 6) is 1.66. The first-order valence-electron chi connectivity index (χ1n) is 11.5. The van der Waals surface area contributed by atoms with E-state index in [-0.39, 0.29) is 27.3 Å². The van der Waals surface area contributed by atoms with E-state index in [2.05, 4.69) is 44.7 Å². The molecule has 0 fully saturated rings. The second-order valence-corrected chi connectivity index (χ2v) is 12.7. The molecule has 0 aliphatic carbocycles. The third-order valence-corrected chi connectivity index (χ3v) is 9.17. The quantitative estimate of drug-likeness (QED) is 0.0601. The molecular formula is C28H26CdN4S6. The minimum Gasteiger partial charge on any atom is -0.752 e. The van der Waals surface area contributed by atoms with Crippen LogP contribution in [0.25, 0.3) is 0 Å². The van der Waals surface area contributed by atoms with E-state index in [1.54, 1.807) is 22.7 Å². The molecule has 11 heteroatoms. The largest absolute Gasteiger partial charge is 2.00 e. The molecule has 0 radical (unpaired) electrons. The molecule has 2 aromatic heterocycles. The van der Waals surface area contributed by atoms with Gasteiger partial charge >= 0.3 is 27.3 Å². The van der Waals surface area contributed by atoms with Crippen LogP contribution in [0.15, 0.2) is 116 Å². The van der Waals surface area contributed by atoms with Crippen LogP contribution in [0.5, 0.6) is 0 Å². The molecular weight excluding hydrogens is 697 g/mol. The van der Waals surface area contributed by atoms with Crippen molar-refractivity contribution in [2.45, 2.75) is 25.4 Å². The van der Waals surface area contributed by atoms with Crippen LogP contribution in [0.4, 0.5) is 0 Å². The zero-order chi connectivity index (χ0) is 27.0. The molecule has 0 aliphatic heterocycles. The Balaban J connectivity index is 0.000000267. The van der Waals surface area contributed by atoms with E-state index in [0.29, 0.717) is 8.75 Å². The molecule has 39 heavy (non-hydrogen) atoms. The van der Waals surface area contributed by atoms with Gasteiger partial charge in [0, 0.05) is 11.5 Å². The molecule has 2 heterocycles. The molecule has 0 spiro atoms. The van der Waals surface area contributed by atoms with Crippen LogP contribution in [0.2, 0.25) is 0 Å². The van der Waals surface area contributed by atoms with Crippen molar-refractivity contribution in [3.05, 3.63) is 117 Å². The van der Waals surface area contributed by atoms with Crippen molar-refractivity contribution in [1.29, 1.82) is 0 Å². The van der Waals surface area contributed by atoms with Gasteiger partial charge in [-0.15, -0.1) is 46.2 Å². The van der Waals surface area contributed by atoms with Crippen molar-refractivity contribution in [1.82, 2.24) is 0 Å². The number of hydrogen-bond acceptors (Lipinski definition) is 10. The summed E-state index contributed by atoms with van der Waals surface area (Å²) in [6, 6.07) is 28.5. The normalized spacial score (nSPS) is 12.4. The van der Waals surface area contributed by atoms with Crippen LogP contribution in [-0.2, 0) is 64.1 Å². The third-order valence-electron chi connectivity index (χ3n) is 4.73. The van der Waals surface area contributed by atoms with Crippen molar-refractivity contribution in [3.63, 3.8) is 0 Å². The van der Waals surface area contributed by atoms with Gasteiger partial charge in [0.1, 0.15) is 0 Å². The molecule has 0 bridgehead atoms. The Morgan fingerprint density at radius 2 is 0.974 bits per heavy atom. The van der Waals surface area contributed by atoms with E-state index in [0.717, 1.165) is 32.7 Å². The SMILES string of the molecule is C/C(=N\N=C(/[S-])SCc1ccccc1)c1cccs1.C/C(=N\N=C(/[S-])SCc1ccccc1)c1cccs1.[Cd+2]. The van der Waals surface area contributed by atoms with E-state index in [1.165, 1.54) is 34.7 Å². The summed E-state index contributed by atoms with van der Waals surface area (Å²) < 4.78 is 1.14. The minimum absolute atomic E-state index is 0. The molecule has 0 saturated carbocycles. The summed E-state index contributed by atoms with van der Waals surface area (Å²) in [6.07, 6.45) is 0. The Hall–Kier alpha value is -1.42. The predicted molar refractivity (Wildman–Crippen MR) is 178 cm³/mol. The monoisotopic (exact) mass is 724 g/mol. The number of rotatable bonds is 8. The maximum Gasteiger partial charge on any atom is 2.00 e. The number of benzene rings is 2. The van der Waals surface area contributed by atoms with Crippen molar-refractivity contribution in [2.24, 2.45) is 20.4 Å². The molecule has 0 unspecified atom stereocenters. The van der Waals surface area contributed by atoms with Gasteiger partial charge in [-0.3, -0.25) is 0 Å². The van der Waals surface area contributed by atoms with Gasteiger partial charge in [0.05, 0.1) is 21.2 Å².